The summed E-state index contributed by atoms with van der Waals surface area (Å²) in [5, 5.41) is 14.7. The van der Waals surface area contributed by atoms with E-state index in [0.717, 1.165) is 4.90 Å². The quantitative estimate of drug-likeness (QED) is 0.0444. The van der Waals surface area contributed by atoms with Gasteiger partial charge in [0, 0.05) is 78.5 Å². The van der Waals surface area contributed by atoms with E-state index in [9.17, 15) is 53.1 Å². The summed E-state index contributed by atoms with van der Waals surface area (Å²) in [7, 11) is 0. The number of ether oxygens (including phenoxy) is 8. The molecule has 0 atom stereocenters. The van der Waals surface area contributed by atoms with Gasteiger partial charge in [0.25, 0.3) is 0 Å². The maximum absolute atomic E-state index is 13.1. The zero-order valence-corrected chi connectivity index (χ0v) is 61.0. The van der Waals surface area contributed by atoms with Crippen LogP contribution in [0.25, 0.3) is 0 Å². The fourth-order valence-electron chi connectivity index (χ4n) is 7.70. The lowest BCUT2D eigenvalue weighted by atomic mass is 10.2. The Morgan fingerprint density at radius 1 is 0.272 bits per heavy atom. The number of carboxylic acid groups (broad SMARTS) is 1. The van der Waals surface area contributed by atoms with Crippen molar-refractivity contribution in [1.82, 2.24) is 40.0 Å². The van der Waals surface area contributed by atoms with Crippen LogP contribution in [0.5, 0.6) is 0 Å². The zero-order valence-electron chi connectivity index (χ0n) is 61.0. The van der Waals surface area contributed by atoms with Crippen LogP contribution in [-0.4, -0.2) is 231 Å². The van der Waals surface area contributed by atoms with Crippen molar-refractivity contribution in [2.75, 3.05) is 91.6 Å². The molecule has 0 aliphatic carbocycles. The first-order valence-electron chi connectivity index (χ1n) is 32.1. The molecule has 0 fully saturated rings. The molecule has 27 heteroatoms. The van der Waals surface area contributed by atoms with Gasteiger partial charge in [0.2, 0.25) is 0 Å². The number of aliphatic carboxylic acids is 1. The normalized spacial score (nSPS) is 12.1. The monoisotopic (exact) mass is 1320 g/mol. The molecule has 536 valence electrons. The summed E-state index contributed by atoms with van der Waals surface area (Å²) in [6, 6.07) is 0. The molecular weight excluding hydrogens is 1200 g/mol. The van der Waals surface area contributed by atoms with Gasteiger partial charge in [-0.1, -0.05) is 0 Å². The van der Waals surface area contributed by atoms with Crippen LogP contribution in [-0.2, 0) is 47.5 Å². The average Bonchev–Trinajstić information content (AvgIpc) is 1.09. The van der Waals surface area contributed by atoms with Crippen molar-refractivity contribution in [1.29, 1.82) is 0 Å². The zero-order chi connectivity index (χ0) is 71.9. The fourth-order valence-corrected chi connectivity index (χ4v) is 7.70. The number of nitrogens with one attached hydrogen (secondary N) is 2. The van der Waals surface area contributed by atoms with E-state index in [2.05, 4.69) is 10.6 Å². The van der Waals surface area contributed by atoms with E-state index in [-0.39, 0.29) is 38.5 Å². The van der Waals surface area contributed by atoms with Gasteiger partial charge in [-0.2, -0.15) is 0 Å². The maximum atomic E-state index is 13.1. The molecule has 27 nitrogen and oxygen atoms in total. The van der Waals surface area contributed by atoms with Gasteiger partial charge in [-0.25, -0.2) is 38.4 Å². The van der Waals surface area contributed by atoms with Crippen molar-refractivity contribution in [2.24, 2.45) is 0 Å². The average molecular weight is 1320 g/mol. The molecule has 0 rings (SSSR count). The van der Waals surface area contributed by atoms with E-state index in [1.807, 2.05) is 0 Å². The lowest BCUT2D eigenvalue weighted by Crippen LogP contribution is -2.43. The second kappa shape index (κ2) is 39.8. The number of carboxylic acids is 1. The fraction of sp³-hybridized carbons (Fsp3) is 0.846. The highest BCUT2D eigenvalue weighted by atomic mass is 16.6. The SMILES string of the molecule is CC(=O)CN(CCCN(CCCCN(CCCNC(=O)OC(C)(C)C)C(=O)OC(C)(C)C)C(=O)OC(C)(C)C)C(=O)OC(C)(C)C.CC(C)(C)OC(=O)NCCCN(CCCCN(CCCN(CC(=O)O)C(=O)OC(C)(C)C)C(=O)OC(C)(C)C)C(=O)OC(C)(C)C. The summed E-state index contributed by atoms with van der Waals surface area (Å²) in [5.74, 6) is -1.35. The van der Waals surface area contributed by atoms with Gasteiger partial charge in [-0.3, -0.25) is 14.5 Å². The minimum absolute atomic E-state index is 0.0598. The van der Waals surface area contributed by atoms with Gasteiger partial charge in [-0.15, -0.1) is 0 Å². The number of nitrogens with zero attached hydrogens (tertiary/aromatic N) is 6. The number of hydrogen-bond acceptors (Lipinski definition) is 18. The largest absolute Gasteiger partial charge is 0.480 e. The van der Waals surface area contributed by atoms with Crippen LogP contribution in [0.4, 0.5) is 38.4 Å². The van der Waals surface area contributed by atoms with Crippen LogP contribution in [0.1, 0.15) is 224 Å². The number of alkyl carbamates (subject to hydrolysis) is 2. The summed E-state index contributed by atoms with van der Waals surface area (Å²) < 4.78 is 43.7. The van der Waals surface area contributed by atoms with Gasteiger partial charge >= 0.3 is 54.7 Å². The number of carbonyl (C=O) groups excluding carboxylic acids is 9. The predicted molar refractivity (Wildman–Crippen MR) is 351 cm³/mol. The van der Waals surface area contributed by atoms with Crippen molar-refractivity contribution in [2.45, 2.75) is 269 Å². The summed E-state index contributed by atoms with van der Waals surface area (Å²) >= 11 is 0. The topological polar surface area (TPSA) is 308 Å². The van der Waals surface area contributed by atoms with Gasteiger partial charge in [0.05, 0.1) is 6.54 Å². The number of carbonyl (C=O) groups is 10. The van der Waals surface area contributed by atoms with E-state index in [1.165, 1.54) is 16.7 Å². The van der Waals surface area contributed by atoms with E-state index in [1.54, 1.807) is 181 Å². The molecule has 0 bridgehead atoms. The first-order chi connectivity index (χ1) is 41.6. The predicted octanol–water partition coefficient (Wildman–Crippen LogP) is 12.2. The highest BCUT2D eigenvalue weighted by Gasteiger charge is 2.30. The highest BCUT2D eigenvalue weighted by molar-refractivity contribution is 5.82. The minimum Gasteiger partial charge on any atom is -0.480 e. The molecule has 8 amide bonds. The van der Waals surface area contributed by atoms with Gasteiger partial charge in [0.15, 0.2) is 0 Å². The number of ketones is 1. The van der Waals surface area contributed by atoms with Crippen LogP contribution in [0.15, 0.2) is 0 Å². The lowest BCUT2D eigenvalue weighted by molar-refractivity contribution is -0.138. The van der Waals surface area contributed by atoms with Crippen molar-refractivity contribution in [3.8, 4) is 0 Å². The maximum Gasteiger partial charge on any atom is 0.410 e. The molecule has 0 spiro atoms. The minimum atomic E-state index is -1.18. The van der Waals surface area contributed by atoms with Crippen LogP contribution in [0.2, 0.25) is 0 Å². The third-order valence-electron chi connectivity index (χ3n) is 11.1. The molecule has 0 aromatic carbocycles. The smallest absolute Gasteiger partial charge is 0.410 e. The molecule has 0 saturated heterocycles. The Labute approximate surface area is 550 Å². The Hall–Kier alpha value is -6.70. The first-order valence-corrected chi connectivity index (χ1v) is 32.1. The Balaban J connectivity index is 0. The molecule has 0 radical (unpaired) electrons. The highest BCUT2D eigenvalue weighted by Crippen LogP contribution is 2.19. The van der Waals surface area contributed by atoms with Gasteiger partial charge < -0.3 is 78.1 Å². The summed E-state index contributed by atoms with van der Waals surface area (Å²) in [6.45, 7) is 46.7. The Morgan fingerprint density at radius 3 is 0.663 bits per heavy atom. The third kappa shape index (κ3) is 50.9. The van der Waals surface area contributed by atoms with E-state index in [4.69, 9.17) is 37.9 Å². The molecular formula is C65H122N8O19. The van der Waals surface area contributed by atoms with Crippen molar-refractivity contribution in [3.05, 3.63) is 0 Å². The number of hydrogen-bond donors (Lipinski definition) is 3. The van der Waals surface area contributed by atoms with E-state index >= 15 is 0 Å². The summed E-state index contributed by atoms with van der Waals surface area (Å²) in [4.78, 5) is 133. The molecule has 0 aliphatic heterocycles. The van der Waals surface area contributed by atoms with Crippen LogP contribution >= 0.6 is 0 Å². The second-order valence-corrected chi connectivity index (χ2v) is 30.5. The van der Waals surface area contributed by atoms with E-state index in [0.29, 0.717) is 104 Å². The molecule has 0 unspecified atom stereocenters. The van der Waals surface area contributed by atoms with E-state index < -0.39 is 106 Å². The lowest BCUT2D eigenvalue weighted by Gasteiger charge is -2.30. The first kappa shape index (κ1) is 87.4. The molecule has 0 aromatic heterocycles. The Bertz CT molecular complexity index is 2140. The van der Waals surface area contributed by atoms with Crippen molar-refractivity contribution in [3.63, 3.8) is 0 Å². The van der Waals surface area contributed by atoms with Crippen LogP contribution in [0.3, 0.4) is 0 Å². The number of amides is 8. The van der Waals surface area contributed by atoms with Gasteiger partial charge in [-0.05, 0) is 224 Å². The summed E-state index contributed by atoms with van der Waals surface area (Å²) in [6.07, 6.45) is -0.458. The third-order valence-corrected chi connectivity index (χ3v) is 11.1. The second-order valence-electron chi connectivity index (χ2n) is 30.5. The number of Topliss-reactive ketones (excluding diaryl/α,β-unsaturated/α-hetero) is 1. The molecule has 3 N–H and O–H groups in total. The number of unbranched alkanes of at least 4 members (excludes halogenated alkanes) is 2. The Kier molecular flexibility index (Phi) is 37.8. The van der Waals surface area contributed by atoms with Crippen molar-refractivity contribution < 1.29 is 90.9 Å². The molecule has 92 heavy (non-hydrogen) atoms. The summed E-state index contributed by atoms with van der Waals surface area (Å²) in [5.41, 5.74) is -5.52. The van der Waals surface area contributed by atoms with Crippen LogP contribution in [0, 0.1) is 0 Å². The Morgan fingerprint density at radius 2 is 0.457 bits per heavy atom. The van der Waals surface area contributed by atoms with Crippen molar-refractivity contribution >= 4 is 60.5 Å². The van der Waals surface area contributed by atoms with Gasteiger partial charge in [0.1, 0.15) is 57.1 Å². The number of rotatable bonds is 30. The molecule has 0 heterocycles. The standard InChI is InChI=1S/C33H62N4O9.C32H60N4O10/c1-25(38)24-37(29(42)46-33(11,12)13)23-17-22-36(28(41)45-32(8,9)10)20-15-14-19-35(27(40)44-31(5,6)7)21-16-18-34-26(39)43-30(2,3)4;1-29(2,3)43-25(39)33-17-15-20-34(26(40)44-30(4,5)6)18-13-14-19-35(27(41)45-31(7,8)9)21-16-22-36(23-24(37)38)28(42)46-32(10,11)12/h14-24H2,1-13H3,(H,34,39);13-23H2,1-12H3,(H,33,39)(H,37,38). The van der Waals surface area contributed by atoms with Crippen LogP contribution < -0.4 is 10.6 Å². The molecule has 0 aromatic rings. The molecule has 0 saturated carbocycles. The molecule has 0 aliphatic rings.